The van der Waals surface area contributed by atoms with E-state index in [2.05, 4.69) is 24.8 Å². The Labute approximate surface area is 154 Å². The Morgan fingerprint density at radius 3 is 3.04 bits per heavy atom. The number of nitrogens with zero attached hydrogens (tertiary/aromatic N) is 4. The van der Waals surface area contributed by atoms with E-state index in [-0.39, 0.29) is 0 Å². The van der Waals surface area contributed by atoms with Gasteiger partial charge in [0.05, 0.1) is 17.3 Å². The number of hydrogen-bond donors (Lipinski definition) is 3. The van der Waals surface area contributed by atoms with Crippen molar-refractivity contribution in [2.24, 2.45) is 4.99 Å². The first-order chi connectivity index (χ1) is 12.1. The van der Waals surface area contributed by atoms with Gasteiger partial charge in [0.15, 0.2) is 12.0 Å². The zero-order chi connectivity index (χ0) is 17.4. The summed E-state index contributed by atoms with van der Waals surface area (Å²) in [5, 5.41) is 11.1. The maximum Gasteiger partial charge on any atom is 0.285 e. The van der Waals surface area contributed by atoms with Gasteiger partial charge in [0, 0.05) is 22.5 Å². The summed E-state index contributed by atoms with van der Waals surface area (Å²) < 4.78 is 2.07. The van der Waals surface area contributed by atoms with Gasteiger partial charge in [0.2, 0.25) is 0 Å². The van der Waals surface area contributed by atoms with Crippen LogP contribution in [-0.2, 0) is 0 Å². The number of aromatic nitrogens is 2. The molecule has 7 nitrogen and oxygen atoms in total. The lowest BCUT2D eigenvalue weighted by Crippen LogP contribution is -2.42. The molecule has 25 heavy (non-hydrogen) atoms. The van der Waals surface area contributed by atoms with Crippen LogP contribution in [0.15, 0.2) is 58.6 Å². The molecular weight excluding hydrogens is 358 g/mol. The van der Waals surface area contributed by atoms with Crippen LogP contribution in [-0.4, -0.2) is 26.9 Å². The minimum atomic E-state index is 0.628. The molecule has 0 unspecified atom stereocenters. The van der Waals surface area contributed by atoms with Crippen molar-refractivity contribution in [3.63, 3.8) is 0 Å². The second-order valence-corrected chi connectivity index (χ2v) is 7.17. The molecule has 2 aliphatic heterocycles. The van der Waals surface area contributed by atoms with Crippen LogP contribution < -0.4 is 16.0 Å². The predicted octanol–water partition coefficient (Wildman–Crippen LogP) is 3.21. The van der Waals surface area contributed by atoms with E-state index in [1.165, 1.54) is 11.9 Å². The van der Waals surface area contributed by atoms with Crippen molar-refractivity contribution < 1.29 is 0 Å². The van der Waals surface area contributed by atoms with Crippen molar-refractivity contribution in [1.82, 2.24) is 19.4 Å². The smallest absolute Gasteiger partial charge is 0.285 e. The number of aliphatic imine (C=N–C) groups is 1. The number of aromatic amines is 1. The van der Waals surface area contributed by atoms with Gasteiger partial charge in [-0.15, -0.1) is 0 Å². The number of nitrogens with two attached hydrogens (primary N) is 1. The SMILES string of the molecule is Cc1cc(NC2=CN(Sc3ccc(Cl)cc3N)CC3=NC=C[N+]23)n[nH]1. The molecule has 0 saturated carbocycles. The van der Waals surface area contributed by atoms with Crippen molar-refractivity contribution in [1.29, 1.82) is 0 Å². The topological polar surface area (TPSA) is 88.2 Å². The van der Waals surface area contributed by atoms with E-state index >= 15 is 0 Å². The average Bonchev–Trinajstić information content (AvgIpc) is 3.19. The number of halogens is 1. The zero-order valence-corrected chi connectivity index (χ0v) is 15.0. The largest absolute Gasteiger partial charge is 0.398 e. The lowest BCUT2D eigenvalue weighted by atomic mass is 10.3. The lowest BCUT2D eigenvalue weighted by Gasteiger charge is -2.24. The van der Waals surface area contributed by atoms with Gasteiger partial charge >= 0.3 is 0 Å². The van der Waals surface area contributed by atoms with Gasteiger partial charge in [-0.2, -0.15) is 10.1 Å². The zero-order valence-electron chi connectivity index (χ0n) is 13.4. The van der Waals surface area contributed by atoms with Gasteiger partial charge < -0.3 is 5.73 Å². The third-order valence-electron chi connectivity index (χ3n) is 3.69. The Morgan fingerprint density at radius 2 is 2.28 bits per heavy atom. The number of aryl methyl sites for hydroxylation is 1. The summed E-state index contributed by atoms with van der Waals surface area (Å²) in [7, 11) is 0. The normalized spacial score (nSPS) is 16.6. The minimum Gasteiger partial charge on any atom is -0.398 e. The first-order valence-corrected chi connectivity index (χ1v) is 8.77. The number of amidine groups is 1. The third kappa shape index (κ3) is 3.37. The molecule has 127 valence electrons. The molecule has 1 aromatic carbocycles. The summed E-state index contributed by atoms with van der Waals surface area (Å²) in [5.41, 5.74) is 7.71. The summed E-state index contributed by atoms with van der Waals surface area (Å²) in [5.74, 6) is 2.55. The van der Waals surface area contributed by atoms with Crippen LogP contribution in [0.1, 0.15) is 5.69 Å². The van der Waals surface area contributed by atoms with Crippen LogP contribution in [0.4, 0.5) is 11.5 Å². The van der Waals surface area contributed by atoms with E-state index in [0.717, 1.165) is 28.1 Å². The summed E-state index contributed by atoms with van der Waals surface area (Å²) in [6, 6.07) is 7.45. The lowest BCUT2D eigenvalue weighted by molar-refractivity contribution is 0.635. The summed E-state index contributed by atoms with van der Waals surface area (Å²) in [6.45, 7) is 2.62. The highest BCUT2D eigenvalue weighted by Gasteiger charge is 2.37. The van der Waals surface area contributed by atoms with Gasteiger partial charge in [-0.3, -0.25) is 14.7 Å². The molecule has 0 saturated heterocycles. The second-order valence-electron chi connectivity index (χ2n) is 5.64. The predicted molar refractivity (Wildman–Crippen MR) is 102 cm³/mol. The average molecular weight is 374 g/mol. The van der Waals surface area contributed by atoms with Gasteiger partial charge in [0.25, 0.3) is 11.7 Å². The van der Waals surface area contributed by atoms with Crippen molar-refractivity contribution in [2.45, 2.75) is 11.8 Å². The molecule has 3 heterocycles. The van der Waals surface area contributed by atoms with Crippen LogP contribution >= 0.6 is 23.5 Å². The van der Waals surface area contributed by atoms with E-state index in [1.807, 2.05) is 42.4 Å². The third-order valence-corrected chi connectivity index (χ3v) is 4.96. The molecule has 9 heteroatoms. The number of anilines is 2. The first-order valence-electron chi connectivity index (χ1n) is 7.61. The van der Waals surface area contributed by atoms with Crippen LogP contribution in [0.2, 0.25) is 5.02 Å². The Balaban J connectivity index is 1.59. The molecule has 2 aliphatic rings. The molecule has 0 atom stereocenters. The molecule has 4 N–H and O–H groups in total. The Morgan fingerprint density at radius 1 is 1.40 bits per heavy atom. The van der Waals surface area contributed by atoms with E-state index in [0.29, 0.717) is 17.3 Å². The monoisotopic (exact) mass is 373 g/mol. The van der Waals surface area contributed by atoms with Crippen LogP contribution in [0, 0.1) is 6.92 Å². The minimum absolute atomic E-state index is 0.628. The van der Waals surface area contributed by atoms with Crippen molar-refractivity contribution in [3.8, 4) is 0 Å². The number of fused-ring (bicyclic) bond motifs is 1. The van der Waals surface area contributed by atoms with Gasteiger partial charge in [-0.1, -0.05) is 11.6 Å². The Kier molecular flexibility index (Phi) is 4.16. The highest BCUT2D eigenvalue weighted by atomic mass is 35.5. The maximum absolute atomic E-state index is 6.07. The molecule has 0 spiro atoms. The molecular formula is C16H16ClN7S+. The fraction of sp³-hybridized carbons (Fsp3) is 0.125. The van der Waals surface area contributed by atoms with Gasteiger partial charge in [-0.05, 0) is 42.0 Å². The van der Waals surface area contributed by atoms with E-state index in [1.54, 1.807) is 12.3 Å². The molecule has 0 fully saturated rings. The quantitative estimate of drug-likeness (QED) is 0.435. The number of nitrogens with one attached hydrogen (secondary N) is 2. The Hall–Kier alpha value is -2.42. The number of benzene rings is 1. The fourth-order valence-electron chi connectivity index (χ4n) is 2.55. The highest BCUT2D eigenvalue weighted by Crippen LogP contribution is 2.33. The molecule has 0 aliphatic carbocycles. The summed E-state index contributed by atoms with van der Waals surface area (Å²) >= 11 is 7.52. The van der Waals surface area contributed by atoms with E-state index < -0.39 is 0 Å². The van der Waals surface area contributed by atoms with E-state index in [9.17, 15) is 0 Å². The molecule has 0 bridgehead atoms. The summed E-state index contributed by atoms with van der Waals surface area (Å²) in [6.07, 6.45) is 5.72. The number of hydrogen-bond acceptors (Lipinski definition) is 7. The highest BCUT2D eigenvalue weighted by molar-refractivity contribution is 7.97. The van der Waals surface area contributed by atoms with Crippen LogP contribution in [0.5, 0.6) is 0 Å². The molecule has 2 aromatic rings. The van der Waals surface area contributed by atoms with Crippen molar-refractivity contribution in [2.75, 3.05) is 17.6 Å². The maximum atomic E-state index is 6.07. The number of rotatable bonds is 4. The molecule has 1 aromatic heterocycles. The van der Waals surface area contributed by atoms with Gasteiger partial charge in [0.1, 0.15) is 6.54 Å². The number of nitrogen functional groups attached to an aromatic ring is 1. The second kappa shape index (κ2) is 6.47. The Bertz CT molecular complexity index is 902. The molecule has 4 rings (SSSR count). The first kappa shape index (κ1) is 16.1. The standard InChI is InChI=1S/C16H16ClN7S/c1-10-6-14(22-21-10)20-16-9-23(8-15-19-4-5-24(15)16)25-13-3-2-11(17)7-12(13)18/h2-7,9H,8,18H2,1H3,(H2,20,21,22)/q+1. The van der Waals surface area contributed by atoms with Gasteiger partial charge in [-0.25, -0.2) is 0 Å². The van der Waals surface area contributed by atoms with Crippen molar-refractivity contribution >= 4 is 40.9 Å². The summed E-state index contributed by atoms with van der Waals surface area (Å²) in [4.78, 5) is 7.38. The number of H-pyrrole nitrogens is 1. The molecule has 0 amide bonds. The van der Waals surface area contributed by atoms with Crippen LogP contribution in [0.3, 0.4) is 0 Å². The molecule has 1 radical (unpaired) electrons. The van der Waals surface area contributed by atoms with E-state index in [4.69, 9.17) is 17.3 Å². The van der Waals surface area contributed by atoms with Crippen molar-refractivity contribution in [3.05, 3.63) is 59.4 Å². The fourth-order valence-corrected chi connectivity index (χ4v) is 3.61. The van der Waals surface area contributed by atoms with Crippen LogP contribution in [0.25, 0.3) is 0 Å².